The molecule has 1 saturated carbocycles. The molecule has 1 aliphatic carbocycles. The van der Waals surface area contributed by atoms with Gasteiger partial charge in [0.1, 0.15) is 5.75 Å². The number of hydrogen-bond donors (Lipinski definition) is 1. The number of hydrogen-bond acceptors (Lipinski definition) is 7. The molecule has 2 aromatic heterocycles. The van der Waals surface area contributed by atoms with Gasteiger partial charge in [-0.1, -0.05) is 16.8 Å². The van der Waals surface area contributed by atoms with E-state index in [1.54, 1.807) is 31.5 Å². The molecule has 1 spiro atoms. The van der Waals surface area contributed by atoms with E-state index >= 15 is 0 Å². The molecule has 1 N–H and O–H groups in total. The zero-order valence-corrected chi connectivity index (χ0v) is 18.6. The van der Waals surface area contributed by atoms with Gasteiger partial charge < -0.3 is 19.5 Å². The van der Waals surface area contributed by atoms with Crippen LogP contribution in [-0.4, -0.2) is 45.6 Å². The van der Waals surface area contributed by atoms with Gasteiger partial charge in [-0.15, -0.1) is 0 Å². The summed E-state index contributed by atoms with van der Waals surface area (Å²) in [5.41, 5.74) is 0.864. The average Bonchev–Trinajstić information content (AvgIpc) is 3.19. The van der Waals surface area contributed by atoms with E-state index in [0.717, 1.165) is 37.2 Å². The van der Waals surface area contributed by atoms with Crippen LogP contribution in [0.5, 0.6) is 5.75 Å². The molecule has 3 heterocycles. The molecule has 2 fully saturated rings. The van der Waals surface area contributed by atoms with Crippen LogP contribution in [-0.2, 0) is 6.54 Å². The van der Waals surface area contributed by atoms with Crippen molar-refractivity contribution in [3.63, 3.8) is 0 Å². The largest absolute Gasteiger partial charge is 0.496 e. The molecule has 0 radical (unpaired) electrons. The molecule has 2 amide bonds. The maximum absolute atomic E-state index is 12.5. The molecule has 1 atom stereocenters. The molecule has 10 heteroatoms. The SMILES string of the molecule is COc1ccc(Cl)cc1-c1noc(C2CC23CCN(C(=O)NCc2ccns2)CC3)n1. The predicted octanol–water partition coefficient (Wildman–Crippen LogP) is 4.33. The summed E-state index contributed by atoms with van der Waals surface area (Å²) >= 11 is 7.53. The first-order valence-corrected chi connectivity index (χ1v) is 11.3. The van der Waals surface area contributed by atoms with Crippen molar-refractivity contribution in [1.29, 1.82) is 0 Å². The van der Waals surface area contributed by atoms with Gasteiger partial charge in [-0.2, -0.15) is 4.98 Å². The zero-order valence-electron chi connectivity index (χ0n) is 17.0. The Labute approximate surface area is 188 Å². The summed E-state index contributed by atoms with van der Waals surface area (Å²) in [5, 5.41) is 7.73. The molecule has 5 rings (SSSR count). The molecular formula is C21H22ClN5O3S. The van der Waals surface area contributed by atoms with Crippen LogP contribution in [0.3, 0.4) is 0 Å². The normalized spacial score (nSPS) is 19.4. The number of nitrogens with zero attached hydrogens (tertiary/aromatic N) is 4. The van der Waals surface area contributed by atoms with Crippen molar-refractivity contribution >= 4 is 29.2 Å². The van der Waals surface area contributed by atoms with Gasteiger partial charge >= 0.3 is 6.03 Å². The maximum Gasteiger partial charge on any atom is 0.317 e. The van der Waals surface area contributed by atoms with Gasteiger partial charge in [0.2, 0.25) is 11.7 Å². The second-order valence-electron chi connectivity index (χ2n) is 8.04. The lowest BCUT2D eigenvalue weighted by Crippen LogP contribution is -2.44. The fourth-order valence-corrected chi connectivity index (χ4v) is 5.04. The van der Waals surface area contributed by atoms with Crippen molar-refractivity contribution in [3.8, 4) is 17.1 Å². The number of ether oxygens (including phenoxy) is 1. The van der Waals surface area contributed by atoms with Gasteiger partial charge in [0.05, 0.1) is 19.2 Å². The molecular weight excluding hydrogens is 438 g/mol. The first kappa shape index (κ1) is 20.3. The number of nitrogens with one attached hydrogen (secondary N) is 1. The van der Waals surface area contributed by atoms with E-state index in [9.17, 15) is 4.79 Å². The number of methoxy groups -OCH3 is 1. The Morgan fingerprint density at radius 2 is 2.23 bits per heavy atom. The number of urea groups is 1. The van der Waals surface area contributed by atoms with Gasteiger partial charge in [-0.05, 0) is 60.5 Å². The lowest BCUT2D eigenvalue weighted by molar-refractivity contribution is 0.161. The second-order valence-corrected chi connectivity index (χ2v) is 9.40. The smallest absolute Gasteiger partial charge is 0.317 e. The number of amides is 2. The Kier molecular flexibility index (Phi) is 5.31. The molecule has 162 valence electrons. The summed E-state index contributed by atoms with van der Waals surface area (Å²) < 4.78 is 15.1. The third kappa shape index (κ3) is 3.99. The number of carbonyl (C=O) groups excluding carboxylic acids is 1. The van der Waals surface area contributed by atoms with E-state index in [2.05, 4.69) is 19.8 Å². The van der Waals surface area contributed by atoms with E-state index in [0.29, 0.717) is 34.6 Å². The van der Waals surface area contributed by atoms with Crippen LogP contribution < -0.4 is 10.1 Å². The molecule has 2 aliphatic rings. The molecule has 3 aromatic rings. The number of likely N-dealkylation sites (tertiary alicyclic amines) is 1. The van der Waals surface area contributed by atoms with Crippen molar-refractivity contribution in [3.05, 3.63) is 46.3 Å². The van der Waals surface area contributed by atoms with Gasteiger partial charge in [0, 0.05) is 35.1 Å². The standard InChI is InChI=1S/C21H22ClN5O3S/c1-29-17-3-2-13(22)10-15(17)18-25-19(30-26-18)16-11-21(16)5-8-27(9-6-21)20(28)23-12-14-4-7-24-31-14/h2-4,7,10,16H,5-6,8-9,11-12H2,1H3,(H,23,28). The van der Waals surface area contributed by atoms with Gasteiger partial charge in [0.15, 0.2) is 0 Å². The van der Waals surface area contributed by atoms with E-state index in [1.807, 2.05) is 11.0 Å². The van der Waals surface area contributed by atoms with Crippen molar-refractivity contribution in [1.82, 2.24) is 24.7 Å². The number of carbonyl (C=O) groups is 1. The highest BCUT2D eigenvalue weighted by molar-refractivity contribution is 7.05. The maximum atomic E-state index is 12.5. The topological polar surface area (TPSA) is 93.4 Å². The molecule has 31 heavy (non-hydrogen) atoms. The van der Waals surface area contributed by atoms with Crippen LogP contribution in [0.2, 0.25) is 5.02 Å². The minimum atomic E-state index is -0.0198. The van der Waals surface area contributed by atoms with E-state index < -0.39 is 0 Å². The van der Waals surface area contributed by atoms with Crippen LogP contribution in [0.25, 0.3) is 11.4 Å². The van der Waals surface area contributed by atoms with Crippen LogP contribution in [0.15, 0.2) is 35.0 Å². The quantitative estimate of drug-likeness (QED) is 0.610. The van der Waals surface area contributed by atoms with Crippen molar-refractivity contribution < 1.29 is 14.1 Å². The first-order valence-electron chi connectivity index (χ1n) is 10.2. The second kappa shape index (κ2) is 8.12. The Morgan fingerprint density at radius 1 is 1.39 bits per heavy atom. The van der Waals surface area contributed by atoms with Crippen LogP contribution in [0.4, 0.5) is 4.79 Å². The molecule has 8 nitrogen and oxygen atoms in total. The summed E-state index contributed by atoms with van der Waals surface area (Å²) in [4.78, 5) is 20.0. The molecule has 1 saturated heterocycles. The van der Waals surface area contributed by atoms with Crippen molar-refractivity contribution in [2.24, 2.45) is 5.41 Å². The average molecular weight is 460 g/mol. The van der Waals surface area contributed by atoms with Gasteiger partial charge in [0.25, 0.3) is 0 Å². The minimum absolute atomic E-state index is 0.0198. The Morgan fingerprint density at radius 3 is 2.97 bits per heavy atom. The number of halogens is 1. The molecule has 1 aromatic carbocycles. The highest BCUT2D eigenvalue weighted by atomic mass is 35.5. The minimum Gasteiger partial charge on any atom is -0.496 e. The number of piperidine rings is 1. The third-order valence-corrected chi connectivity index (χ3v) is 7.26. The summed E-state index contributed by atoms with van der Waals surface area (Å²) in [6.07, 6.45) is 4.63. The van der Waals surface area contributed by atoms with Gasteiger partial charge in [-0.25, -0.2) is 9.17 Å². The van der Waals surface area contributed by atoms with Crippen molar-refractivity contribution in [2.45, 2.75) is 31.7 Å². The highest BCUT2D eigenvalue weighted by Gasteiger charge is 2.58. The Bertz CT molecular complexity index is 1080. The van der Waals surface area contributed by atoms with Gasteiger partial charge in [-0.3, -0.25) is 0 Å². The summed E-state index contributed by atoms with van der Waals surface area (Å²) in [5.74, 6) is 2.03. The van der Waals surface area contributed by atoms with E-state index in [4.69, 9.17) is 20.9 Å². The van der Waals surface area contributed by atoms with E-state index in [1.165, 1.54) is 11.5 Å². The van der Waals surface area contributed by atoms with Crippen LogP contribution in [0, 0.1) is 5.41 Å². The Balaban J connectivity index is 1.20. The molecule has 0 bridgehead atoms. The first-order chi connectivity index (χ1) is 15.1. The zero-order chi connectivity index (χ0) is 21.4. The number of rotatable bonds is 5. The predicted molar refractivity (Wildman–Crippen MR) is 116 cm³/mol. The van der Waals surface area contributed by atoms with Crippen LogP contribution >= 0.6 is 23.1 Å². The summed E-state index contributed by atoms with van der Waals surface area (Å²) in [7, 11) is 1.60. The monoisotopic (exact) mass is 459 g/mol. The fraction of sp³-hybridized carbons (Fsp3) is 0.429. The molecule has 1 aliphatic heterocycles. The lowest BCUT2D eigenvalue weighted by atomic mass is 9.91. The third-order valence-electron chi connectivity index (χ3n) is 6.28. The summed E-state index contributed by atoms with van der Waals surface area (Å²) in [6.45, 7) is 1.98. The molecule has 1 unspecified atom stereocenters. The van der Waals surface area contributed by atoms with E-state index in [-0.39, 0.29) is 17.4 Å². The number of benzene rings is 1. The lowest BCUT2D eigenvalue weighted by Gasteiger charge is -2.32. The van der Waals surface area contributed by atoms with Crippen molar-refractivity contribution in [2.75, 3.05) is 20.2 Å². The Hall–Kier alpha value is -2.65. The number of aromatic nitrogens is 3. The fourth-order valence-electron chi connectivity index (χ4n) is 4.35. The summed E-state index contributed by atoms with van der Waals surface area (Å²) in [6, 6.07) is 7.24. The highest BCUT2D eigenvalue weighted by Crippen LogP contribution is 2.64. The van der Waals surface area contributed by atoms with Crippen LogP contribution in [0.1, 0.15) is 35.9 Å².